The second-order valence-corrected chi connectivity index (χ2v) is 3.62. The zero-order valence-electron chi connectivity index (χ0n) is 8.69. The van der Waals surface area contributed by atoms with E-state index in [9.17, 15) is 0 Å². The number of hydrogen-bond acceptors (Lipinski definition) is 3. The average Bonchev–Trinajstić information content (AvgIpc) is 2.53. The Hall–Kier alpha value is -0.930. The Bertz CT molecular complexity index is 242. The number of hydrogen-bond donors (Lipinski definition) is 0. The summed E-state index contributed by atoms with van der Waals surface area (Å²) in [5.41, 5.74) is 0. The highest BCUT2D eigenvalue weighted by atomic mass is 15.5. The predicted octanol–water partition coefficient (Wildman–Crippen LogP) is 1.99. The van der Waals surface area contributed by atoms with Crippen molar-refractivity contribution < 1.29 is 0 Å². The van der Waals surface area contributed by atoms with Crippen molar-refractivity contribution in [2.75, 3.05) is 0 Å². The van der Waals surface area contributed by atoms with Crippen molar-refractivity contribution in [1.82, 2.24) is 20.2 Å². The highest BCUT2D eigenvalue weighted by Crippen LogP contribution is 2.09. The topological polar surface area (TPSA) is 43.6 Å². The van der Waals surface area contributed by atoms with E-state index in [1.54, 1.807) is 0 Å². The third kappa shape index (κ3) is 2.79. The lowest BCUT2D eigenvalue weighted by molar-refractivity contribution is 0.509. The molecule has 13 heavy (non-hydrogen) atoms. The number of unbranched alkanes of at least 4 members (excludes halogenated alkanes) is 2. The van der Waals surface area contributed by atoms with Gasteiger partial charge in [-0.3, -0.25) is 0 Å². The van der Waals surface area contributed by atoms with Gasteiger partial charge in [0.1, 0.15) is 0 Å². The molecule has 1 rings (SSSR count). The first-order chi connectivity index (χ1) is 6.25. The van der Waals surface area contributed by atoms with Gasteiger partial charge >= 0.3 is 0 Å². The maximum Gasteiger partial charge on any atom is 0.153 e. The van der Waals surface area contributed by atoms with Crippen molar-refractivity contribution in [3.8, 4) is 0 Å². The minimum Gasteiger partial charge on any atom is -0.229 e. The number of tetrazole rings is 1. The van der Waals surface area contributed by atoms with Gasteiger partial charge in [-0.05, 0) is 16.8 Å². The number of rotatable bonds is 5. The van der Waals surface area contributed by atoms with Gasteiger partial charge in [-0.15, -0.1) is 5.10 Å². The summed E-state index contributed by atoms with van der Waals surface area (Å²) in [4.78, 5) is 0. The van der Waals surface area contributed by atoms with Crippen molar-refractivity contribution in [1.29, 1.82) is 0 Å². The maximum absolute atomic E-state index is 4.00. The van der Waals surface area contributed by atoms with Crippen molar-refractivity contribution in [2.24, 2.45) is 0 Å². The Labute approximate surface area is 79.3 Å². The van der Waals surface area contributed by atoms with Gasteiger partial charge in [0.25, 0.3) is 0 Å². The van der Waals surface area contributed by atoms with Crippen molar-refractivity contribution in [2.45, 2.75) is 52.5 Å². The van der Waals surface area contributed by atoms with Gasteiger partial charge in [-0.1, -0.05) is 33.6 Å². The summed E-state index contributed by atoms with van der Waals surface area (Å²) in [6.45, 7) is 7.38. The van der Waals surface area contributed by atoms with Crippen LogP contribution in [-0.2, 0) is 6.54 Å². The van der Waals surface area contributed by atoms with E-state index in [-0.39, 0.29) is 0 Å². The summed E-state index contributed by atoms with van der Waals surface area (Å²) in [6, 6.07) is 0. The van der Waals surface area contributed by atoms with Gasteiger partial charge in [0.15, 0.2) is 5.82 Å². The molecular weight excluding hydrogens is 164 g/mol. The van der Waals surface area contributed by atoms with Crippen LogP contribution in [0.2, 0.25) is 0 Å². The molecule has 0 aromatic carbocycles. The fourth-order valence-corrected chi connectivity index (χ4v) is 1.30. The highest BCUT2D eigenvalue weighted by molar-refractivity contribution is 4.87. The lowest BCUT2D eigenvalue weighted by atomic mass is 10.2. The van der Waals surface area contributed by atoms with E-state index in [2.05, 4.69) is 36.3 Å². The molecule has 0 unspecified atom stereocenters. The van der Waals surface area contributed by atoms with Crippen molar-refractivity contribution in [3.63, 3.8) is 0 Å². The lowest BCUT2D eigenvalue weighted by Gasteiger charge is -2.05. The molecule has 0 spiro atoms. The molecule has 1 heterocycles. The van der Waals surface area contributed by atoms with E-state index in [0.717, 1.165) is 12.4 Å². The Balaban J connectivity index is 2.50. The molecule has 4 heteroatoms. The van der Waals surface area contributed by atoms with Crippen LogP contribution in [0.4, 0.5) is 0 Å². The van der Waals surface area contributed by atoms with Crippen LogP contribution >= 0.6 is 0 Å². The van der Waals surface area contributed by atoms with E-state index < -0.39 is 0 Å². The van der Waals surface area contributed by atoms with E-state index in [1.165, 1.54) is 19.3 Å². The van der Waals surface area contributed by atoms with Gasteiger partial charge < -0.3 is 0 Å². The average molecular weight is 182 g/mol. The summed E-state index contributed by atoms with van der Waals surface area (Å²) in [7, 11) is 0. The quantitative estimate of drug-likeness (QED) is 0.654. The van der Waals surface area contributed by atoms with Crippen LogP contribution < -0.4 is 0 Å². The van der Waals surface area contributed by atoms with Crippen molar-refractivity contribution >= 4 is 0 Å². The van der Waals surface area contributed by atoms with Crippen molar-refractivity contribution in [3.05, 3.63) is 5.82 Å². The molecule has 4 nitrogen and oxygen atoms in total. The van der Waals surface area contributed by atoms with Crippen LogP contribution in [0.1, 0.15) is 51.8 Å². The monoisotopic (exact) mass is 182 g/mol. The molecular formula is C9H18N4. The molecule has 0 fully saturated rings. The second-order valence-electron chi connectivity index (χ2n) is 3.62. The van der Waals surface area contributed by atoms with Gasteiger partial charge in [0.2, 0.25) is 0 Å². The van der Waals surface area contributed by atoms with Gasteiger partial charge in [-0.25, -0.2) is 4.68 Å². The third-order valence-electron chi connectivity index (χ3n) is 2.05. The van der Waals surface area contributed by atoms with Gasteiger partial charge in [0.05, 0.1) is 0 Å². The van der Waals surface area contributed by atoms with Crippen LogP contribution in [-0.4, -0.2) is 20.2 Å². The molecule has 0 saturated heterocycles. The first kappa shape index (κ1) is 10.2. The normalized spacial score (nSPS) is 11.1. The predicted molar refractivity (Wildman–Crippen MR) is 51.4 cm³/mol. The molecule has 0 bridgehead atoms. The summed E-state index contributed by atoms with van der Waals surface area (Å²) < 4.78 is 1.92. The molecule has 0 saturated carbocycles. The number of aromatic nitrogens is 4. The number of nitrogens with zero attached hydrogens (tertiary/aromatic N) is 4. The van der Waals surface area contributed by atoms with Gasteiger partial charge in [-0.2, -0.15) is 0 Å². The fraction of sp³-hybridized carbons (Fsp3) is 0.889. The van der Waals surface area contributed by atoms with Gasteiger partial charge in [0, 0.05) is 12.5 Å². The fourth-order valence-electron chi connectivity index (χ4n) is 1.30. The smallest absolute Gasteiger partial charge is 0.153 e. The first-order valence-electron chi connectivity index (χ1n) is 5.01. The Morgan fingerprint density at radius 1 is 1.31 bits per heavy atom. The highest BCUT2D eigenvalue weighted by Gasteiger charge is 2.08. The van der Waals surface area contributed by atoms with Crippen LogP contribution in [0, 0.1) is 0 Å². The summed E-state index contributed by atoms with van der Waals surface area (Å²) >= 11 is 0. The molecule has 0 amide bonds. The Morgan fingerprint density at radius 2 is 2.08 bits per heavy atom. The standard InChI is InChI=1S/C9H18N4/c1-4-5-6-7-13-9(8(2)3)10-11-12-13/h8H,4-7H2,1-3H3. The largest absolute Gasteiger partial charge is 0.229 e. The lowest BCUT2D eigenvalue weighted by Crippen LogP contribution is -2.07. The molecule has 0 aliphatic carbocycles. The molecule has 0 N–H and O–H groups in total. The SMILES string of the molecule is CCCCCn1nnnc1C(C)C. The summed E-state index contributed by atoms with van der Waals surface area (Å²) in [5, 5.41) is 11.6. The Kier molecular flexibility index (Phi) is 3.86. The zero-order chi connectivity index (χ0) is 9.68. The summed E-state index contributed by atoms with van der Waals surface area (Å²) in [6.07, 6.45) is 3.65. The van der Waals surface area contributed by atoms with E-state index in [4.69, 9.17) is 0 Å². The van der Waals surface area contributed by atoms with E-state index in [1.807, 2.05) is 4.68 Å². The van der Waals surface area contributed by atoms with Crippen LogP contribution in [0.5, 0.6) is 0 Å². The minimum atomic E-state index is 0.414. The van der Waals surface area contributed by atoms with Crippen LogP contribution in [0.15, 0.2) is 0 Å². The first-order valence-corrected chi connectivity index (χ1v) is 5.01. The molecule has 0 radical (unpaired) electrons. The molecule has 1 aromatic heterocycles. The van der Waals surface area contributed by atoms with E-state index >= 15 is 0 Å². The number of aryl methyl sites for hydroxylation is 1. The van der Waals surface area contributed by atoms with E-state index in [0.29, 0.717) is 5.92 Å². The van der Waals surface area contributed by atoms with Crippen LogP contribution in [0.3, 0.4) is 0 Å². The zero-order valence-corrected chi connectivity index (χ0v) is 8.69. The molecule has 0 aliphatic rings. The second kappa shape index (κ2) is 4.94. The maximum atomic E-state index is 4.00. The Morgan fingerprint density at radius 3 is 2.69 bits per heavy atom. The molecule has 0 aliphatic heterocycles. The third-order valence-corrected chi connectivity index (χ3v) is 2.05. The summed E-state index contributed by atoms with van der Waals surface area (Å²) in [5.74, 6) is 1.41. The minimum absolute atomic E-state index is 0.414. The molecule has 1 aromatic rings. The molecule has 74 valence electrons. The molecule has 0 atom stereocenters. The van der Waals surface area contributed by atoms with Crippen LogP contribution in [0.25, 0.3) is 0 Å².